The molecule has 0 saturated carbocycles. The highest BCUT2D eigenvalue weighted by atomic mass is 35.5. The van der Waals surface area contributed by atoms with Gasteiger partial charge in [0.1, 0.15) is 6.54 Å². The number of rotatable bonds is 4. The first kappa shape index (κ1) is 20.0. The molecule has 1 saturated heterocycles. The van der Waals surface area contributed by atoms with Gasteiger partial charge in [-0.1, -0.05) is 12.1 Å². The Hall–Kier alpha value is -2.78. The van der Waals surface area contributed by atoms with E-state index in [1.807, 2.05) is 0 Å². The molecule has 3 amide bonds. The molecule has 0 aliphatic carbocycles. The average Bonchev–Trinajstić information content (AvgIpc) is 3.16. The maximum atomic E-state index is 12.4. The minimum atomic E-state index is -0.489. The van der Waals surface area contributed by atoms with Gasteiger partial charge >= 0.3 is 0 Å². The number of amides is 3. The lowest BCUT2D eigenvalue weighted by Gasteiger charge is -2.19. The van der Waals surface area contributed by atoms with Crippen LogP contribution >= 0.6 is 12.4 Å². The lowest BCUT2D eigenvalue weighted by molar-refractivity contribution is -0.116. The second kappa shape index (κ2) is 8.07. The molecule has 10 heteroatoms. The van der Waals surface area contributed by atoms with Crippen molar-refractivity contribution in [1.29, 1.82) is 0 Å². The lowest BCUT2D eigenvalue weighted by Crippen LogP contribution is -2.37. The van der Waals surface area contributed by atoms with Gasteiger partial charge in [-0.2, -0.15) is 10.1 Å². The van der Waals surface area contributed by atoms with Crippen LogP contribution in [0.4, 0.5) is 5.95 Å². The Morgan fingerprint density at radius 1 is 1.18 bits per heavy atom. The largest absolute Gasteiger partial charge is 0.317 e. The predicted molar refractivity (Wildman–Crippen MR) is 104 cm³/mol. The van der Waals surface area contributed by atoms with Crippen LogP contribution in [0.25, 0.3) is 0 Å². The minimum Gasteiger partial charge on any atom is -0.317 e. The van der Waals surface area contributed by atoms with Crippen molar-refractivity contribution in [3.8, 4) is 0 Å². The monoisotopic (exact) mass is 404 g/mol. The first-order valence-electron chi connectivity index (χ1n) is 8.91. The molecule has 0 spiro atoms. The van der Waals surface area contributed by atoms with Gasteiger partial charge in [0, 0.05) is 13.0 Å². The van der Waals surface area contributed by atoms with Gasteiger partial charge in [0.05, 0.1) is 11.1 Å². The zero-order chi connectivity index (χ0) is 19.0. The summed E-state index contributed by atoms with van der Waals surface area (Å²) in [6.45, 7) is 1.48. The number of nitrogens with zero attached hydrogens (tertiary/aromatic N) is 4. The fourth-order valence-corrected chi connectivity index (χ4v) is 3.46. The van der Waals surface area contributed by atoms with Gasteiger partial charge in [-0.3, -0.25) is 24.6 Å². The molecule has 1 aromatic heterocycles. The SMILES string of the molecule is Cl.Cn1nc(C2CCNCC2)nc1NC(=O)CN1C(=O)c2ccccc2C1=O. The smallest absolute Gasteiger partial charge is 0.262 e. The number of fused-ring (bicyclic) bond motifs is 1. The summed E-state index contributed by atoms with van der Waals surface area (Å²) in [5.41, 5.74) is 0.643. The summed E-state index contributed by atoms with van der Waals surface area (Å²) in [5, 5.41) is 10.3. The number of hydrogen-bond acceptors (Lipinski definition) is 6. The Bertz CT molecular complexity index is 887. The number of benzene rings is 1. The summed E-state index contributed by atoms with van der Waals surface area (Å²) in [6.07, 6.45) is 1.90. The van der Waals surface area contributed by atoms with Crippen LogP contribution in [-0.4, -0.2) is 57.0 Å². The Morgan fingerprint density at radius 3 is 2.39 bits per heavy atom. The van der Waals surface area contributed by atoms with Gasteiger partial charge in [-0.15, -0.1) is 12.4 Å². The number of hydrogen-bond donors (Lipinski definition) is 2. The number of aromatic nitrogens is 3. The van der Waals surface area contributed by atoms with E-state index in [1.165, 1.54) is 4.68 Å². The number of anilines is 1. The highest BCUT2D eigenvalue weighted by Gasteiger charge is 2.36. The molecule has 2 aliphatic rings. The molecule has 2 N–H and O–H groups in total. The first-order valence-corrected chi connectivity index (χ1v) is 8.91. The number of piperidine rings is 1. The van der Waals surface area contributed by atoms with E-state index in [-0.39, 0.29) is 24.9 Å². The van der Waals surface area contributed by atoms with Crippen molar-refractivity contribution in [3.63, 3.8) is 0 Å². The summed E-state index contributed by atoms with van der Waals surface area (Å²) in [6, 6.07) is 6.55. The Labute approximate surface area is 167 Å². The number of carbonyl (C=O) groups excluding carboxylic acids is 3. The lowest BCUT2D eigenvalue weighted by atomic mass is 9.98. The first-order chi connectivity index (χ1) is 13.0. The van der Waals surface area contributed by atoms with Crippen LogP contribution in [0.2, 0.25) is 0 Å². The fourth-order valence-electron chi connectivity index (χ4n) is 3.46. The maximum Gasteiger partial charge on any atom is 0.262 e. The summed E-state index contributed by atoms with van der Waals surface area (Å²) < 4.78 is 1.51. The van der Waals surface area contributed by atoms with Crippen LogP contribution < -0.4 is 10.6 Å². The third-order valence-corrected chi connectivity index (χ3v) is 4.91. The fraction of sp³-hybridized carbons (Fsp3) is 0.389. The van der Waals surface area contributed by atoms with Gasteiger partial charge < -0.3 is 5.32 Å². The zero-order valence-corrected chi connectivity index (χ0v) is 16.2. The standard InChI is InChI=1S/C18H20N6O3.ClH/c1-23-18(21-15(22-23)11-6-8-19-9-7-11)20-14(25)10-24-16(26)12-4-2-3-5-13(12)17(24)27;/h2-5,11,19H,6-10H2,1H3,(H,20,21,22,25);1H. The number of aryl methyl sites for hydroxylation is 1. The van der Waals surface area contributed by atoms with Crippen molar-refractivity contribution in [2.24, 2.45) is 7.05 Å². The highest BCUT2D eigenvalue weighted by Crippen LogP contribution is 2.24. The van der Waals surface area contributed by atoms with Crippen LogP contribution in [0.1, 0.15) is 45.3 Å². The number of carbonyl (C=O) groups is 3. The molecule has 4 rings (SSSR count). The molecule has 0 bridgehead atoms. The third kappa shape index (κ3) is 3.63. The molecule has 2 aliphatic heterocycles. The van der Waals surface area contributed by atoms with Crippen LogP contribution in [-0.2, 0) is 11.8 Å². The van der Waals surface area contributed by atoms with E-state index < -0.39 is 17.7 Å². The molecule has 1 aromatic carbocycles. The molecule has 28 heavy (non-hydrogen) atoms. The van der Waals surface area contributed by atoms with Gasteiger partial charge in [-0.25, -0.2) is 4.68 Å². The molecule has 9 nitrogen and oxygen atoms in total. The molecule has 148 valence electrons. The molecular weight excluding hydrogens is 384 g/mol. The van der Waals surface area contributed by atoms with Crippen molar-refractivity contribution in [1.82, 2.24) is 25.0 Å². The molecule has 1 fully saturated rings. The summed E-state index contributed by atoms with van der Waals surface area (Å²) in [4.78, 5) is 42.5. The zero-order valence-electron chi connectivity index (χ0n) is 15.3. The van der Waals surface area contributed by atoms with Gasteiger partial charge in [0.15, 0.2) is 5.82 Å². The second-order valence-corrected chi connectivity index (χ2v) is 6.73. The molecular formula is C18H21ClN6O3. The number of imide groups is 1. The van der Waals surface area contributed by atoms with Crippen LogP contribution in [0.3, 0.4) is 0 Å². The van der Waals surface area contributed by atoms with E-state index in [1.54, 1.807) is 31.3 Å². The van der Waals surface area contributed by atoms with E-state index in [4.69, 9.17) is 0 Å². The average molecular weight is 405 g/mol. The van der Waals surface area contributed by atoms with Crippen molar-refractivity contribution < 1.29 is 14.4 Å². The van der Waals surface area contributed by atoms with Crippen LogP contribution in [0, 0.1) is 0 Å². The van der Waals surface area contributed by atoms with Gasteiger partial charge in [-0.05, 0) is 38.1 Å². The summed E-state index contributed by atoms with van der Waals surface area (Å²) in [7, 11) is 1.70. The van der Waals surface area contributed by atoms with Gasteiger partial charge in [0.2, 0.25) is 11.9 Å². The van der Waals surface area contributed by atoms with E-state index in [2.05, 4.69) is 20.7 Å². The van der Waals surface area contributed by atoms with Crippen LogP contribution in [0.15, 0.2) is 24.3 Å². The predicted octanol–water partition coefficient (Wildman–Crippen LogP) is 0.939. The minimum absolute atomic E-state index is 0. The van der Waals surface area contributed by atoms with Crippen molar-refractivity contribution >= 4 is 36.1 Å². The number of halogens is 1. The van der Waals surface area contributed by atoms with E-state index in [0.717, 1.165) is 30.8 Å². The van der Waals surface area contributed by atoms with Gasteiger partial charge in [0.25, 0.3) is 11.8 Å². The normalized spacial score (nSPS) is 16.7. The maximum absolute atomic E-state index is 12.4. The van der Waals surface area contributed by atoms with E-state index >= 15 is 0 Å². The quantitative estimate of drug-likeness (QED) is 0.734. The topological polar surface area (TPSA) is 109 Å². The van der Waals surface area contributed by atoms with E-state index in [0.29, 0.717) is 22.9 Å². The molecule has 0 atom stereocenters. The Balaban J connectivity index is 0.00000225. The molecule has 3 heterocycles. The second-order valence-electron chi connectivity index (χ2n) is 6.73. The molecule has 2 aromatic rings. The third-order valence-electron chi connectivity index (χ3n) is 4.91. The molecule has 0 radical (unpaired) electrons. The van der Waals surface area contributed by atoms with Crippen molar-refractivity contribution in [3.05, 3.63) is 41.2 Å². The number of nitrogens with one attached hydrogen (secondary N) is 2. The Kier molecular flexibility index (Phi) is 5.76. The van der Waals surface area contributed by atoms with Crippen molar-refractivity contribution in [2.45, 2.75) is 18.8 Å². The summed E-state index contributed by atoms with van der Waals surface area (Å²) >= 11 is 0. The van der Waals surface area contributed by atoms with Crippen LogP contribution in [0.5, 0.6) is 0 Å². The highest BCUT2D eigenvalue weighted by molar-refractivity contribution is 6.22. The van der Waals surface area contributed by atoms with E-state index in [9.17, 15) is 14.4 Å². The Morgan fingerprint density at radius 2 is 1.79 bits per heavy atom. The molecule has 0 unspecified atom stereocenters. The summed E-state index contributed by atoms with van der Waals surface area (Å²) in [5.74, 6) is -0.130. The van der Waals surface area contributed by atoms with Crippen molar-refractivity contribution in [2.75, 3.05) is 25.0 Å².